The second-order valence-electron chi connectivity index (χ2n) is 7.15. The molecule has 0 aliphatic carbocycles. The van der Waals surface area contributed by atoms with Crippen LogP contribution in [0.2, 0.25) is 10.0 Å². The molecule has 10 heteroatoms. The second kappa shape index (κ2) is 9.91. The number of piperazine rings is 1. The third-order valence-electron chi connectivity index (χ3n) is 4.89. The highest BCUT2D eigenvalue weighted by molar-refractivity contribution is 7.99. The minimum absolute atomic E-state index is 0.131. The molecule has 1 aliphatic heterocycles. The molecule has 1 amide bonds. The number of likely N-dealkylation sites (N-methyl/N-ethyl adjacent to an activating group) is 1. The predicted molar refractivity (Wildman–Crippen MR) is 125 cm³/mol. The Hall–Kier alpha value is -2.26. The molecule has 0 spiro atoms. The first-order chi connectivity index (χ1) is 15.0. The maximum Gasteiger partial charge on any atom is 0.277 e. The highest BCUT2D eigenvalue weighted by atomic mass is 35.5. The minimum Gasteiger partial charge on any atom is -0.411 e. The van der Waals surface area contributed by atoms with Crippen molar-refractivity contribution in [3.8, 4) is 11.5 Å². The zero-order chi connectivity index (χ0) is 21.8. The van der Waals surface area contributed by atoms with Crippen LogP contribution < -0.4 is 10.2 Å². The predicted octanol–water partition coefficient (Wildman–Crippen LogP) is 4.53. The number of amides is 1. The number of halogens is 2. The van der Waals surface area contributed by atoms with Gasteiger partial charge in [-0.3, -0.25) is 4.79 Å². The Kier molecular flexibility index (Phi) is 7.02. The van der Waals surface area contributed by atoms with Crippen LogP contribution >= 0.6 is 35.0 Å². The molecule has 0 atom stereocenters. The number of aromatic nitrogens is 2. The van der Waals surface area contributed by atoms with Gasteiger partial charge in [0.2, 0.25) is 11.8 Å². The van der Waals surface area contributed by atoms with Gasteiger partial charge < -0.3 is 19.5 Å². The largest absolute Gasteiger partial charge is 0.411 e. The molecule has 2 aromatic carbocycles. The molecule has 1 N–H and O–H groups in total. The average Bonchev–Trinajstić information content (AvgIpc) is 3.23. The number of benzene rings is 2. The number of nitrogens with one attached hydrogen (secondary N) is 1. The Morgan fingerprint density at radius 1 is 1.13 bits per heavy atom. The summed E-state index contributed by atoms with van der Waals surface area (Å²) in [4.78, 5) is 17.1. The van der Waals surface area contributed by atoms with E-state index in [1.54, 1.807) is 12.1 Å². The first-order valence-electron chi connectivity index (χ1n) is 9.74. The number of carbonyl (C=O) groups excluding carboxylic acids is 1. The van der Waals surface area contributed by atoms with Gasteiger partial charge in [-0.2, -0.15) is 0 Å². The fourth-order valence-corrected chi connectivity index (χ4v) is 4.34. The van der Waals surface area contributed by atoms with Crippen LogP contribution in [0.15, 0.2) is 52.1 Å². The van der Waals surface area contributed by atoms with Gasteiger partial charge in [-0.05, 0) is 37.4 Å². The number of thioether (sulfide) groups is 1. The number of hydrogen-bond acceptors (Lipinski definition) is 7. The Labute approximate surface area is 194 Å². The maximum atomic E-state index is 12.6. The lowest BCUT2D eigenvalue weighted by molar-refractivity contribution is -0.113. The fourth-order valence-electron chi connectivity index (χ4n) is 3.29. The molecule has 0 bridgehead atoms. The summed E-state index contributed by atoms with van der Waals surface area (Å²) in [6.45, 7) is 3.60. The van der Waals surface area contributed by atoms with Crippen molar-refractivity contribution in [2.75, 3.05) is 49.2 Å². The zero-order valence-corrected chi connectivity index (χ0v) is 19.2. The first-order valence-corrected chi connectivity index (χ1v) is 11.5. The number of para-hydroxylation sites is 1. The van der Waals surface area contributed by atoms with E-state index in [0.29, 0.717) is 26.8 Å². The van der Waals surface area contributed by atoms with Gasteiger partial charge in [-0.25, -0.2) is 0 Å². The highest BCUT2D eigenvalue weighted by Gasteiger charge is 2.21. The monoisotopic (exact) mass is 477 g/mol. The Bertz CT molecular complexity index is 1070. The van der Waals surface area contributed by atoms with Gasteiger partial charge in [0.05, 0.1) is 22.2 Å². The van der Waals surface area contributed by atoms with Crippen molar-refractivity contribution in [1.82, 2.24) is 15.1 Å². The molecule has 1 aliphatic rings. The number of hydrogen-bond donors (Lipinski definition) is 1. The Morgan fingerprint density at radius 2 is 1.90 bits per heavy atom. The molecule has 1 fully saturated rings. The van der Waals surface area contributed by atoms with Crippen LogP contribution in [-0.2, 0) is 4.79 Å². The second-order valence-corrected chi connectivity index (χ2v) is 8.92. The molecular formula is C21H21Cl2N5O2S. The molecule has 0 radical (unpaired) electrons. The van der Waals surface area contributed by atoms with E-state index in [1.807, 2.05) is 30.3 Å². The van der Waals surface area contributed by atoms with Crippen LogP contribution in [0.25, 0.3) is 11.5 Å². The summed E-state index contributed by atoms with van der Waals surface area (Å²) in [6, 6.07) is 12.7. The Balaban J connectivity index is 1.39. The number of nitrogens with zero attached hydrogens (tertiary/aromatic N) is 4. The van der Waals surface area contributed by atoms with Crippen LogP contribution in [0.5, 0.6) is 0 Å². The van der Waals surface area contributed by atoms with E-state index in [1.165, 1.54) is 11.8 Å². The molecule has 0 saturated carbocycles. The molecule has 4 rings (SSSR count). The van der Waals surface area contributed by atoms with E-state index >= 15 is 0 Å². The molecule has 162 valence electrons. The quantitative estimate of drug-likeness (QED) is 0.522. The van der Waals surface area contributed by atoms with Crippen molar-refractivity contribution >= 4 is 52.2 Å². The van der Waals surface area contributed by atoms with E-state index in [0.717, 1.165) is 37.4 Å². The van der Waals surface area contributed by atoms with Crippen LogP contribution in [0.3, 0.4) is 0 Å². The topological polar surface area (TPSA) is 74.5 Å². The van der Waals surface area contributed by atoms with Crippen LogP contribution in [0, 0.1) is 0 Å². The summed E-state index contributed by atoms with van der Waals surface area (Å²) in [7, 11) is 2.10. The van der Waals surface area contributed by atoms with Crippen molar-refractivity contribution in [2.45, 2.75) is 5.22 Å². The molecule has 0 unspecified atom stereocenters. The van der Waals surface area contributed by atoms with Gasteiger partial charge in [0.15, 0.2) is 0 Å². The van der Waals surface area contributed by atoms with Gasteiger partial charge in [-0.1, -0.05) is 47.1 Å². The number of rotatable bonds is 6. The first kappa shape index (κ1) is 22.0. The lowest BCUT2D eigenvalue weighted by Gasteiger charge is -2.35. The fraction of sp³-hybridized carbons (Fsp3) is 0.286. The lowest BCUT2D eigenvalue weighted by atomic mass is 10.2. The summed E-state index contributed by atoms with van der Waals surface area (Å²) in [5.74, 6) is 0.314. The van der Waals surface area contributed by atoms with Gasteiger partial charge >= 0.3 is 0 Å². The van der Waals surface area contributed by atoms with E-state index < -0.39 is 0 Å². The van der Waals surface area contributed by atoms with Gasteiger partial charge in [0.25, 0.3) is 5.22 Å². The van der Waals surface area contributed by atoms with Crippen molar-refractivity contribution in [2.24, 2.45) is 0 Å². The lowest BCUT2D eigenvalue weighted by Crippen LogP contribution is -2.44. The van der Waals surface area contributed by atoms with E-state index in [4.69, 9.17) is 27.6 Å². The maximum absolute atomic E-state index is 12.6. The third kappa shape index (κ3) is 5.51. The van der Waals surface area contributed by atoms with Crippen LogP contribution in [-0.4, -0.2) is 60.0 Å². The Morgan fingerprint density at radius 3 is 2.68 bits per heavy atom. The SMILES string of the molecule is CN1CCN(c2c(Cl)cccc2NC(=O)CSc2nnc(-c3cccc(Cl)c3)o2)CC1. The zero-order valence-electron chi connectivity index (χ0n) is 16.8. The van der Waals surface area contributed by atoms with Crippen LogP contribution in [0.4, 0.5) is 11.4 Å². The molecule has 1 saturated heterocycles. The third-order valence-corrected chi connectivity index (χ3v) is 6.24. The summed E-state index contributed by atoms with van der Waals surface area (Å²) < 4.78 is 5.64. The van der Waals surface area contributed by atoms with E-state index in [2.05, 4.69) is 32.4 Å². The average molecular weight is 478 g/mol. The van der Waals surface area contributed by atoms with Crippen LogP contribution in [0.1, 0.15) is 0 Å². The molecule has 2 heterocycles. The van der Waals surface area contributed by atoms with E-state index in [-0.39, 0.29) is 11.7 Å². The molecule has 1 aromatic heterocycles. The van der Waals surface area contributed by atoms with Crippen molar-refractivity contribution < 1.29 is 9.21 Å². The molecular weight excluding hydrogens is 457 g/mol. The van der Waals surface area contributed by atoms with Crippen molar-refractivity contribution in [3.63, 3.8) is 0 Å². The number of anilines is 2. The molecule has 31 heavy (non-hydrogen) atoms. The normalized spacial score (nSPS) is 14.6. The smallest absolute Gasteiger partial charge is 0.277 e. The van der Waals surface area contributed by atoms with Gasteiger partial charge in [0, 0.05) is 36.8 Å². The molecule has 3 aromatic rings. The minimum atomic E-state index is -0.176. The summed E-state index contributed by atoms with van der Waals surface area (Å²) >= 11 is 13.7. The summed E-state index contributed by atoms with van der Waals surface area (Å²) in [5.41, 5.74) is 2.29. The summed E-state index contributed by atoms with van der Waals surface area (Å²) in [6.07, 6.45) is 0. The van der Waals surface area contributed by atoms with E-state index in [9.17, 15) is 4.79 Å². The van der Waals surface area contributed by atoms with Crippen molar-refractivity contribution in [3.05, 3.63) is 52.5 Å². The van der Waals surface area contributed by atoms with Crippen molar-refractivity contribution in [1.29, 1.82) is 0 Å². The summed E-state index contributed by atoms with van der Waals surface area (Å²) in [5, 5.41) is 12.5. The van der Waals surface area contributed by atoms with Gasteiger partial charge in [-0.15, -0.1) is 10.2 Å². The molecule has 7 nitrogen and oxygen atoms in total. The standard InChI is InChI=1S/C21H21Cl2N5O2S/c1-27-8-10-28(11-9-27)19-16(23)6-3-7-17(19)24-18(29)13-31-21-26-25-20(30-21)14-4-2-5-15(22)12-14/h2-7,12H,8-11,13H2,1H3,(H,24,29). The van der Waals surface area contributed by atoms with Gasteiger partial charge in [0.1, 0.15) is 0 Å². The highest BCUT2D eigenvalue weighted by Crippen LogP contribution is 2.35. The number of carbonyl (C=O) groups is 1.